The molecule has 1 aliphatic rings. The van der Waals surface area contributed by atoms with Gasteiger partial charge in [-0.3, -0.25) is 4.79 Å². The average molecular weight is 263 g/mol. The van der Waals surface area contributed by atoms with Crippen LogP contribution in [-0.2, 0) is 0 Å². The summed E-state index contributed by atoms with van der Waals surface area (Å²) < 4.78 is 0. The molecule has 0 aliphatic carbocycles. The molecule has 1 aromatic rings. The maximum absolute atomic E-state index is 12.6. The van der Waals surface area contributed by atoms with E-state index in [9.17, 15) is 9.90 Å². The van der Waals surface area contributed by atoms with Crippen LogP contribution in [0.4, 0.5) is 11.4 Å². The predicted octanol–water partition coefficient (Wildman–Crippen LogP) is 1.37. The molecule has 104 valence electrons. The predicted molar refractivity (Wildman–Crippen MR) is 76.7 cm³/mol. The molecule has 0 spiro atoms. The smallest absolute Gasteiger partial charge is 0.256 e. The zero-order chi connectivity index (χ0) is 14.0. The van der Waals surface area contributed by atoms with Gasteiger partial charge in [0.1, 0.15) is 0 Å². The van der Waals surface area contributed by atoms with Gasteiger partial charge in [-0.2, -0.15) is 0 Å². The van der Waals surface area contributed by atoms with Gasteiger partial charge in [-0.15, -0.1) is 0 Å². The summed E-state index contributed by atoms with van der Waals surface area (Å²) >= 11 is 0. The van der Waals surface area contributed by atoms with E-state index < -0.39 is 5.54 Å². The SMILES string of the molecule is CN(C(=O)c1cccc2c1NCCN2)C(C)(C)CO. The molecule has 1 amide bonds. The summed E-state index contributed by atoms with van der Waals surface area (Å²) in [5, 5.41) is 15.9. The minimum Gasteiger partial charge on any atom is -0.394 e. The van der Waals surface area contributed by atoms with Gasteiger partial charge in [-0.25, -0.2) is 0 Å². The largest absolute Gasteiger partial charge is 0.394 e. The van der Waals surface area contributed by atoms with Crippen molar-refractivity contribution in [1.29, 1.82) is 0 Å². The average Bonchev–Trinajstić information content (AvgIpc) is 2.45. The molecule has 1 aromatic carbocycles. The van der Waals surface area contributed by atoms with Gasteiger partial charge in [-0.1, -0.05) is 6.07 Å². The van der Waals surface area contributed by atoms with Crippen LogP contribution in [0.15, 0.2) is 18.2 Å². The molecular weight excluding hydrogens is 242 g/mol. The zero-order valence-corrected chi connectivity index (χ0v) is 11.7. The van der Waals surface area contributed by atoms with Gasteiger partial charge in [0.15, 0.2) is 0 Å². The highest BCUT2D eigenvalue weighted by Gasteiger charge is 2.29. The van der Waals surface area contributed by atoms with Crippen LogP contribution < -0.4 is 10.6 Å². The number of hydrogen-bond donors (Lipinski definition) is 3. The van der Waals surface area contributed by atoms with E-state index >= 15 is 0 Å². The van der Waals surface area contributed by atoms with Crippen LogP contribution in [0.5, 0.6) is 0 Å². The second-order valence-corrected chi connectivity index (χ2v) is 5.42. The van der Waals surface area contributed by atoms with Crippen molar-refractivity contribution < 1.29 is 9.90 Å². The van der Waals surface area contributed by atoms with Gasteiger partial charge in [0, 0.05) is 20.1 Å². The van der Waals surface area contributed by atoms with E-state index in [2.05, 4.69) is 10.6 Å². The Bertz CT molecular complexity index is 486. The number of hydrogen-bond acceptors (Lipinski definition) is 4. The number of aliphatic hydroxyl groups excluding tert-OH is 1. The zero-order valence-electron chi connectivity index (χ0n) is 11.7. The maximum atomic E-state index is 12.6. The lowest BCUT2D eigenvalue weighted by molar-refractivity contribution is 0.0474. The minimum atomic E-state index is -0.581. The van der Waals surface area contributed by atoms with Crippen molar-refractivity contribution in [3.63, 3.8) is 0 Å². The number of amides is 1. The van der Waals surface area contributed by atoms with E-state index in [4.69, 9.17) is 0 Å². The third kappa shape index (κ3) is 2.51. The molecule has 0 fully saturated rings. The lowest BCUT2D eigenvalue weighted by atomic mass is 10.0. The summed E-state index contributed by atoms with van der Waals surface area (Å²) in [4.78, 5) is 14.2. The maximum Gasteiger partial charge on any atom is 0.256 e. The molecule has 5 nitrogen and oxygen atoms in total. The van der Waals surface area contributed by atoms with Crippen LogP contribution in [0, 0.1) is 0 Å². The topological polar surface area (TPSA) is 64.6 Å². The van der Waals surface area contributed by atoms with E-state index in [-0.39, 0.29) is 12.5 Å². The van der Waals surface area contributed by atoms with Gasteiger partial charge in [0.2, 0.25) is 0 Å². The molecule has 0 aromatic heterocycles. The normalized spacial score (nSPS) is 14.1. The third-order valence-electron chi connectivity index (χ3n) is 3.64. The summed E-state index contributed by atoms with van der Waals surface area (Å²) in [6, 6.07) is 5.63. The Morgan fingerprint density at radius 2 is 2.05 bits per heavy atom. The van der Waals surface area contributed by atoms with Crippen molar-refractivity contribution in [3.8, 4) is 0 Å². The Balaban J connectivity index is 2.34. The standard InChI is InChI=1S/C14H21N3O2/c1-14(2,9-18)17(3)13(19)10-5-4-6-11-12(10)16-8-7-15-11/h4-6,15-16,18H,7-9H2,1-3H3. The summed E-state index contributed by atoms with van der Waals surface area (Å²) in [6.45, 7) is 5.25. The first-order chi connectivity index (χ1) is 8.97. The van der Waals surface area contributed by atoms with E-state index in [0.717, 1.165) is 24.5 Å². The van der Waals surface area contributed by atoms with E-state index in [0.29, 0.717) is 5.56 Å². The molecule has 0 radical (unpaired) electrons. The fourth-order valence-corrected chi connectivity index (χ4v) is 2.01. The molecule has 1 aliphatic heterocycles. The molecule has 0 unspecified atom stereocenters. The van der Waals surface area contributed by atoms with Crippen molar-refractivity contribution in [1.82, 2.24) is 4.90 Å². The molecule has 3 N–H and O–H groups in total. The highest BCUT2D eigenvalue weighted by Crippen LogP contribution is 2.30. The summed E-state index contributed by atoms with van der Waals surface area (Å²) in [5.41, 5.74) is 1.85. The minimum absolute atomic E-state index is 0.0735. The van der Waals surface area contributed by atoms with Crippen LogP contribution in [0.3, 0.4) is 0 Å². The summed E-state index contributed by atoms with van der Waals surface area (Å²) in [5.74, 6) is -0.0906. The number of carbonyl (C=O) groups excluding carboxylic acids is 1. The molecule has 0 saturated heterocycles. The lowest BCUT2D eigenvalue weighted by Gasteiger charge is -2.35. The van der Waals surface area contributed by atoms with Crippen LogP contribution >= 0.6 is 0 Å². The molecule has 0 bridgehead atoms. The summed E-state index contributed by atoms with van der Waals surface area (Å²) in [6.07, 6.45) is 0. The lowest BCUT2D eigenvalue weighted by Crippen LogP contribution is -2.47. The number of nitrogens with zero attached hydrogens (tertiary/aromatic N) is 1. The highest BCUT2D eigenvalue weighted by molar-refractivity contribution is 6.03. The van der Waals surface area contributed by atoms with Gasteiger partial charge in [0.25, 0.3) is 5.91 Å². The molecule has 0 saturated carbocycles. The number of rotatable bonds is 3. The molecule has 0 atom stereocenters. The first-order valence-electron chi connectivity index (χ1n) is 6.47. The Morgan fingerprint density at radius 3 is 2.74 bits per heavy atom. The number of nitrogens with one attached hydrogen (secondary N) is 2. The van der Waals surface area contributed by atoms with E-state index in [1.165, 1.54) is 0 Å². The van der Waals surface area contributed by atoms with Crippen molar-refractivity contribution >= 4 is 17.3 Å². The molecule has 1 heterocycles. The van der Waals surface area contributed by atoms with Gasteiger partial charge in [0.05, 0.1) is 29.1 Å². The van der Waals surface area contributed by atoms with Crippen LogP contribution in [0.25, 0.3) is 0 Å². The number of benzene rings is 1. The van der Waals surface area contributed by atoms with Crippen LogP contribution in [0.1, 0.15) is 24.2 Å². The van der Waals surface area contributed by atoms with Crippen molar-refractivity contribution in [3.05, 3.63) is 23.8 Å². The number of para-hydroxylation sites is 1. The van der Waals surface area contributed by atoms with Gasteiger partial charge >= 0.3 is 0 Å². The second kappa shape index (κ2) is 5.09. The molecule has 2 rings (SSSR count). The first kappa shape index (κ1) is 13.7. The first-order valence-corrected chi connectivity index (χ1v) is 6.47. The Hall–Kier alpha value is -1.75. The number of likely N-dealkylation sites (N-methyl/N-ethyl adjacent to an activating group) is 1. The quantitative estimate of drug-likeness (QED) is 0.770. The van der Waals surface area contributed by atoms with E-state index in [1.54, 1.807) is 11.9 Å². The number of carbonyl (C=O) groups is 1. The van der Waals surface area contributed by atoms with Crippen LogP contribution in [0.2, 0.25) is 0 Å². The monoisotopic (exact) mass is 263 g/mol. The second-order valence-electron chi connectivity index (χ2n) is 5.42. The van der Waals surface area contributed by atoms with E-state index in [1.807, 2.05) is 32.0 Å². The third-order valence-corrected chi connectivity index (χ3v) is 3.64. The highest BCUT2D eigenvalue weighted by atomic mass is 16.3. The molecule has 19 heavy (non-hydrogen) atoms. The Kier molecular flexibility index (Phi) is 3.66. The Labute approximate surface area is 113 Å². The van der Waals surface area contributed by atoms with Crippen LogP contribution in [-0.4, -0.2) is 48.2 Å². The molecule has 5 heteroatoms. The van der Waals surface area contributed by atoms with Crippen molar-refractivity contribution in [2.24, 2.45) is 0 Å². The number of anilines is 2. The fourth-order valence-electron chi connectivity index (χ4n) is 2.01. The van der Waals surface area contributed by atoms with Gasteiger partial charge in [-0.05, 0) is 26.0 Å². The van der Waals surface area contributed by atoms with Crippen molar-refractivity contribution in [2.75, 3.05) is 37.4 Å². The number of fused-ring (bicyclic) bond motifs is 1. The Morgan fingerprint density at radius 1 is 1.37 bits per heavy atom. The fraction of sp³-hybridized carbons (Fsp3) is 0.500. The summed E-state index contributed by atoms with van der Waals surface area (Å²) in [7, 11) is 1.72. The molecular formula is C14H21N3O2. The number of aliphatic hydroxyl groups is 1. The van der Waals surface area contributed by atoms with Gasteiger partial charge < -0.3 is 20.6 Å². The van der Waals surface area contributed by atoms with Crippen molar-refractivity contribution in [2.45, 2.75) is 19.4 Å².